The van der Waals surface area contributed by atoms with E-state index in [1.807, 2.05) is 32.9 Å². The van der Waals surface area contributed by atoms with Crippen molar-refractivity contribution in [3.63, 3.8) is 0 Å². The number of unbranched alkanes of at least 4 members (excludes halogenated alkanes) is 1. The third kappa shape index (κ3) is 5.40. The van der Waals surface area contributed by atoms with E-state index in [0.29, 0.717) is 32.3 Å². The van der Waals surface area contributed by atoms with Gasteiger partial charge in [0, 0.05) is 31.6 Å². The Morgan fingerprint density at radius 1 is 1.18 bits per heavy atom. The molecule has 7 atom stereocenters. The van der Waals surface area contributed by atoms with Gasteiger partial charge in [-0.05, 0) is 40.0 Å². The summed E-state index contributed by atoms with van der Waals surface area (Å²) in [4.78, 5) is 23.2. The molecular weight excluding hydrogens is 440 g/mol. The summed E-state index contributed by atoms with van der Waals surface area (Å²) in [6.45, 7) is 8.02. The standard InChI is InChI=1S/C26H38O8/c1-17-15-19-20(16-21(31-19)22(27)28)33-26(17)13-12-25(34-26)11-8-10-18(32-25)9-6-5-7-14-30-23(29)24(2,3)4/h6,8-10,17-21H,5,7,11-16H2,1-4H3,(H,27,28)/b9-6+/t17-,18-,19-,20-,21+,25+,26-/m1/s1. The van der Waals surface area contributed by atoms with Gasteiger partial charge in [-0.1, -0.05) is 31.2 Å². The average molecular weight is 479 g/mol. The van der Waals surface area contributed by atoms with Crippen LogP contribution in [0.1, 0.15) is 72.6 Å². The zero-order valence-electron chi connectivity index (χ0n) is 20.7. The number of carbonyl (C=O) groups excluding carboxylic acids is 1. The highest BCUT2D eigenvalue weighted by Crippen LogP contribution is 2.52. The second kappa shape index (κ2) is 9.72. The maximum Gasteiger partial charge on any atom is 0.332 e. The number of esters is 1. The van der Waals surface area contributed by atoms with Crippen LogP contribution in [-0.4, -0.2) is 59.6 Å². The van der Waals surface area contributed by atoms with Crippen LogP contribution in [-0.2, 0) is 33.3 Å². The van der Waals surface area contributed by atoms with Gasteiger partial charge in [-0.25, -0.2) is 4.79 Å². The zero-order valence-corrected chi connectivity index (χ0v) is 20.7. The number of hydrogen-bond acceptors (Lipinski definition) is 7. The number of hydrogen-bond donors (Lipinski definition) is 1. The Balaban J connectivity index is 1.28. The SMILES string of the molecule is C[C@@H]1C[C@H]2O[C@H](C(=O)O)C[C@H]2O[C@@]12CC[C@]1(CC=C[C@@H](/C=C/CCCOC(=O)C(C)(C)C)O1)O2. The highest BCUT2D eigenvalue weighted by Gasteiger charge is 2.60. The third-order valence-electron chi connectivity index (χ3n) is 7.17. The minimum atomic E-state index is -0.939. The summed E-state index contributed by atoms with van der Waals surface area (Å²) < 4.78 is 30.4. The summed E-state index contributed by atoms with van der Waals surface area (Å²) in [5.74, 6) is -2.56. The topological polar surface area (TPSA) is 101 Å². The van der Waals surface area contributed by atoms with Gasteiger partial charge in [0.1, 0.15) is 0 Å². The second-order valence-corrected chi connectivity index (χ2v) is 11.0. The van der Waals surface area contributed by atoms with Crippen molar-refractivity contribution in [1.82, 2.24) is 0 Å². The van der Waals surface area contributed by atoms with E-state index in [-0.39, 0.29) is 30.2 Å². The highest BCUT2D eigenvalue weighted by atomic mass is 16.8. The molecule has 8 heteroatoms. The number of aliphatic carboxylic acids is 1. The van der Waals surface area contributed by atoms with E-state index in [2.05, 4.69) is 19.1 Å². The molecule has 4 aliphatic rings. The molecule has 190 valence electrons. The minimum Gasteiger partial charge on any atom is -0.479 e. The molecule has 0 aromatic heterocycles. The van der Waals surface area contributed by atoms with Gasteiger partial charge in [-0.15, -0.1) is 0 Å². The molecule has 2 spiro atoms. The molecule has 4 rings (SSSR count). The maximum absolute atomic E-state index is 11.8. The van der Waals surface area contributed by atoms with Gasteiger partial charge in [-0.2, -0.15) is 0 Å². The lowest BCUT2D eigenvalue weighted by Crippen LogP contribution is -2.53. The number of fused-ring (bicyclic) bond motifs is 1. The second-order valence-electron chi connectivity index (χ2n) is 11.0. The number of carbonyl (C=O) groups is 2. The molecule has 0 aliphatic carbocycles. The van der Waals surface area contributed by atoms with Gasteiger partial charge in [0.05, 0.1) is 30.3 Å². The monoisotopic (exact) mass is 478 g/mol. The van der Waals surface area contributed by atoms with Gasteiger partial charge in [0.15, 0.2) is 17.7 Å². The van der Waals surface area contributed by atoms with Crippen LogP contribution >= 0.6 is 0 Å². The predicted molar refractivity (Wildman–Crippen MR) is 123 cm³/mol. The average Bonchev–Trinajstić information content (AvgIpc) is 3.32. The smallest absolute Gasteiger partial charge is 0.332 e. The van der Waals surface area contributed by atoms with E-state index in [0.717, 1.165) is 19.3 Å². The number of ether oxygens (including phenoxy) is 5. The van der Waals surface area contributed by atoms with Crippen molar-refractivity contribution in [3.8, 4) is 0 Å². The summed E-state index contributed by atoms with van der Waals surface area (Å²) in [6.07, 6.45) is 11.4. The van der Waals surface area contributed by atoms with Crippen LogP contribution in [0.15, 0.2) is 24.3 Å². The quantitative estimate of drug-likeness (QED) is 0.346. The number of rotatable bonds is 6. The Kier molecular flexibility index (Phi) is 7.25. The first kappa shape index (κ1) is 25.4. The van der Waals surface area contributed by atoms with Crippen molar-refractivity contribution in [2.45, 2.75) is 109 Å². The van der Waals surface area contributed by atoms with E-state index < -0.39 is 29.1 Å². The van der Waals surface area contributed by atoms with E-state index in [9.17, 15) is 14.7 Å². The van der Waals surface area contributed by atoms with Gasteiger partial charge in [0.2, 0.25) is 0 Å². The predicted octanol–water partition coefficient (Wildman–Crippen LogP) is 4.13. The highest BCUT2D eigenvalue weighted by molar-refractivity contribution is 5.75. The summed E-state index contributed by atoms with van der Waals surface area (Å²) in [5.41, 5.74) is -0.479. The van der Waals surface area contributed by atoms with Crippen molar-refractivity contribution in [2.24, 2.45) is 11.3 Å². The summed E-state index contributed by atoms with van der Waals surface area (Å²) in [5, 5.41) is 9.32. The Morgan fingerprint density at radius 3 is 2.71 bits per heavy atom. The van der Waals surface area contributed by atoms with Gasteiger partial charge in [0.25, 0.3) is 0 Å². The number of carboxylic acids is 1. The van der Waals surface area contributed by atoms with Gasteiger partial charge >= 0.3 is 11.9 Å². The molecule has 3 saturated heterocycles. The van der Waals surface area contributed by atoms with Crippen LogP contribution in [0.5, 0.6) is 0 Å². The Morgan fingerprint density at radius 2 is 1.97 bits per heavy atom. The fourth-order valence-electron chi connectivity index (χ4n) is 5.18. The molecule has 0 saturated carbocycles. The molecule has 3 fully saturated rings. The number of carboxylic acid groups (broad SMARTS) is 1. The molecule has 8 nitrogen and oxygen atoms in total. The molecule has 0 radical (unpaired) electrons. The molecule has 0 aromatic carbocycles. The largest absolute Gasteiger partial charge is 0.479 e. The van der Waals surface area contributed by atoms with Crippen molar-refractivity contribution in [2.75, 3.05) is 6.61 Å². The fraction of sp³-hybridized carbons (Fsp3) is 0.769. The Bertz CT molecular complexity index is 829. The van der Waals surface area contributed by atoms with E-state index in [4.69, 9.17) is 23.7 Å². The fourth-order valence-corrected chi connectivity index (χ4v) is 5.18. The van der Waals surface area contributed by atoms with E-state index in [1.165, 1.54) is 0 Å². The van der Waals surface area contributed by atoms with Crippen LogP contribution < -0.4 is 0 Å². The molecule has 4 heterocycles. The van der Waals surface area contributed by atoms with Crippen molar-refractivity contribution in [3.05, 3.63) is 24.3 Å². The first-order chi connectivity index (χ1) is 16.0. The molecule has 0 unspecified atom stereocenters. The van der Waals surface area contributed by atoms with Crippen LogP contribution in [0.2, 0.25) is 0 Å². The zero-order chi connectivity index (χ0) is 24.6. The molecule has 1 N–H and O–H groups in total. The molecule has 0 bridgehead atoms. The Hall–Kier alpha value is -1.74. The van der Waals surface area contributed by atoms with Crippen molar-refractivity contribution >= 4 is 11.9 Å². The van der Waals surface area contributed by atoms with Crippen molar-refractivity contribution in [1.29, 1.82) is 0 Å². The maximum atomic E-state index is 11.8. The van der Waals surface area contributed by atoms with E-state index >= 15 is 0 Å². The first-order valence-electron chi connectivity index (χ1n) is 12.5. The lowest BCUT2D eigenvalue weighted by atomic mass is 9.86. The van der Waals surface area contributed by atoms with Crippen molar-refractivity contribution < 1.29 is 38.4 Å². The lowest BCUT2D eigenvalue weighted by molar-refractivity contribution is -0.365. The van der Waals surface area contributed by atoms with Gasteiger partial charge in [-0.3, -0.25) is 4.79 Å². The van der Waals surface area contributed by atoms with Crippen LogP contribution in [0.25, 0.3) is 0 Å². The summed E-state index contributed by atoms with van der Waals surface area (Å²) >= 11 is 0. The first-order valence-corrected chi connectivity index (χ1v) is 12.5. The lowest BCUT2D eigenvalue weighted by Gasteiger charge is -2.45. The molecular formula is C26H38O8. The molecule has 4 aliphatic heterocycles. The summed E-state index contributed by atoms with van der Waals surface area (Å²) in [6, 6.07) is 0. The summed E-state index contributed by atoms with van der Waals surface area (Å²) in [7, 11) is 0. The van der Waals surface area contributed by atoms with Crippen LogP contribution in [0.3, 0.4) is 0 Å². The molecule has 0 aromatic rings. The van der Waals surface area contributed by atoms with Gasteiger partial charge < -0.3 is 28.8 Å². The minimum absolute atomic E-state index is 0.0694. The third-order valence-corrected chi connectivity index (χ3v) is 7.17. The normalized spacial score (nSPS) is 39.7. The molecule has 0 amide bonds. The Labute approximate surface area is 201 Å². The number of allylic oxidation sites excluding steroid dienone is 1. The van der Waals surface area contributed by atoms with E-state index in [1.54, 1.807) is 0 Å². The van der Waals surface area contributed by atoms with Crippen LogP contribution in [0, 0.1) is 11.3 Å². The molecule has 34 heavy (non-hydrogen) atoms. The van der Waals surface area contributed by atoms with Crippen LogP contribution in [0.4, 0.5) is 0 Å².